The fourth-order valence-electron chi connectivity index (χ4n) is 3.72. The maximum atomic E-state index is 11.4. The van der Waals surface area contributed by atoms with Gasteiger partial charge in [-0.1, -0.05) is 48.5 Å². The lowest BCUT2D eigenvalue weighted by Crippen LogP contribution is -2.42. The molecule has 0 radical (unpaired) electrons. The third-order valence-corrected chi connectivity index (χ3v) is 5.26. The molecule has 0 aliphatic carbocycles. The number of piperazine rings is 1. The van der Waals surface area contributed by atoms with Gasteiger partial charge in [0.15, 0.2) is 0 Å². The topological polar surface area (TPSA) is 44.4 Å². The van der Waals surface area contributed by atoms with Crippen LogP contribution >= 0.6 is 0 Å². The van der Waals surface area contributed by atoms with E-state index in [0.717, 1.165) is 39.3 Å². The van der Waals surface area contributed by atoms with E-state index in [1.165, 1.54) is 22.3 Å². The van der Waals surface area contributed by atoms with Crippen LogP contribution in [0.2, 0.25) is 0 Å². The fourth-order valence-corrected chi connectivity index (χ4v) is 3.72. The first kappa shape index (κ1) is 16.3. The van der Waals surface area contributed by atoms with Gasteiger partial charge < -0.3 is 10.6 Å². The molecule has 2 aromatic carbocycles. The average Bonchev–Trinajstić information content (AvgIpc) is 3.10. The molecule has 130 valence electrons. The van der Waals surface area contributed by atoms with E-state index in [0.29, 0.717) is 12.3 Å². The van der Waals surface area contributed by atoms with E-state index in [2.05, 4.69) is 64.1 Å². The smallest absolute Gasteiger partial charge is 0.220 e. The van der Waals surface area contributed by atoms with Gasteiger partial charge >= 0.3 is 0 Å². The SMILES string of the molecule is O=C1CC(c2ccc(-c3ccc(CN4CCNCC4)cc3)cc2)CN1. The fraction of sp³-hybridized carbons (Fsp3) is 0.381. The molecular weight excluding hydrogens is 310 g/mol. The van der Waals surface area contributed by atoms with Crippen molar-refractivity contribution in [1.29, 1.82) is 0 Å². The number of nitrogens with zero attached hydrogens (tertiary/aromatic N) is 1. The molecule has 2 N–H and O–H groups in total. The molecule has 0 aromatic heterocycles. The number of rotatable bonds is 4. The maximum Gasteiger partial charge on any atom is 0.220 e. The van der Waals surface area contributed by atoms with E-state index >= 15 is 0 Å². The van der Waals surface area contributed by atoms with Crippen LogP contribution in [0.4, 0.5) is 0 Å². The van der Waals surface area contributed by atoms with Gasteiger partial charge in [0.05, 0.1) is 0 Å². The van der Waals surface area contributed by atoms with Crippen LogP contribution in [0.3, 0.4) is 0 Å². The molecule has 2 saturated heterocycles. The van der Waals surface area contributed by atoms with Crippen LogP contribution in [0.15, 0.2) is 48.5 Å². The minimum absolute atomic E-state index is 0.161. The summed E-state index contributed by atoms with van der Waals surface area (Å²) in [6.07, 6.45) is 0.611. The van der Waals surface area contributed by atoms with Crippen molar-refractivity contribution in [1.82, 2.24) is 15.5 Å². The van der Waals surface area contributed by atoms with E-state index in [4.69, 9.17) is 0 Å². The summed E-state index contributed by atoms with van der Waals surface area (Å²) in [5.41, 5.74) is 5.10. The molecule has 0 saturated carbocycles. The lowest BCUT2D eigenvalue weighted by molar-refractivity contribution is -0.119. The zero-order chi connectivity index (χ0) is 17.1. The Bertz CT molecular complexity index is 718. The molecule has 4 heteroatoms. The summed E-state index contributed by atoms with van der Waals surface area (Å²) < 4.78 is 0. The Hall–Kier alpha value is -2.17. The maximum absolute atomic E-state index is 11.4. The van der Waals surface area contributed by atoms with E-state index in [1.54, 1.807) is 0 Å². The van der Waals surface area contributed by atoms with E-state index in [1.807, 2.05) is 0 Å². The van der Waals surface area contributed by atoms with Crippen LogP contribution in [-0.2, 0) is 11.3 Å². The highest BCUT2D eigenvalue weighted by Gasteiger charge is 2.22. The molecule has 25 heavy (non-hydrogen) atoms. The number of benzene rings is 2. The molecule has 2 fully saturated rings. The monoisotopic (exact) mass is 335 g/mol. The van der Waals surface area contributed by atoms with Crippen LogP contribution in [0, 0.1) is 0 Å². The second-order valence-corrected chi connectivity index (χ2v) is 7.05. The normalized spacial score (nSPS) is 21.3. The molecule has 0 spiro atoms. The van der Waals surface area contributed by atoms with Crippen molar-refractivity contribution in [2.24, 2.45) is 0 Å². The van der Waals surface area contributed by atoms with Gasteiger partial charge in [0.25, 0.3) is 0 Å². The number of hydrogen-bond donors (Lipinski definition) is 2. The summed E-state index contributed by atoms with van der Waals surface area (Å²) in [7, 11) is 0. The summed E-state index contributed by atoms with van der Waals surface area (Å²) >= 11 is 0. The molecule has 1 unspecified atom stereocenters. The summed E-state index contributed by atoms with van der Waals surface area (Å²) in [5, 5.41) is 6.30. The number of amides is 1. The highest BCUT2D eigenvalue weighted by molar-refractivity contribution is 5.79. The first-order chi connectivity index (χ1) is 12.3. The van der Waals surface area contributed by atoms with Crippen molar-refractivity contribution in [2.45, 2.75) is 18.9 Å². The average molecular weight is 335 g/mol. The highest BCUT2D eigenvalue weighted by Crippen LogP contribution is 2.26. The molecule has 0 bridgehead atoms. The lowest BCUT2D eigenvalue weighted by atomic mass is 9.95. The Balaban J connectivity index is 1.42. The predicted octanol–water partition coefficient (Wildman–Crippen LogP) is 2.36. The first-order valence-electron chi connectivity index (χ1n) is 9.17. The molecule has 1 atom stereocenters. The van der Waals surface area contributed by atoms with Crippen molar-refractivity contribution in [3.05, 3.63) is 59.7 Å². The number of nitrogens with one attached hydrogen (secondary N) is 2. The molecule has 4 nitrogen and oxygen atoms in total. The molecule has 1 amide bonds. The number of hydrogen-bond acceptors (Lipinski definition) is 3. The Labute approximate surface area is 149 Å². The lowest BCUT2D eigenvalue weighted by Gasteiger charge is -2.27. The summed E-state index contributed by atoms with van der Waals surface area (Å²) in [5.74, 6) is 0.483. The molecule has 4 rings (SSSR count). The Morgan fingerprint density at radius 1 is 0.920 bits per heavy atom. The first-order valence-corrected chi connectivity index (χ1v) is 9.17. The molecule has 2 aliphatic rings. The predicted molar refractivity (Wildman–Crippen MR) is 100 cm³/mol. The van der Waals surface area contributed by atoms with Crippen molar-refractivity contribution < 1.29 is 4.79 Å². The van der Waals surface area contributed by atoms with Gasteiger partial charge in [-0.25, -0.2) is 0 Å². The molecular formula is C21H25N3O. The van der Waals surface area contributed by atoms with Crippen molar-refractivity contribution in [2.75, 3.05) is 32.7 Å². The standard InChI is InChI=1S/C21H25N3O/c25-21-13-20(14-23-21)19-7-5-18(6-8-19)17-3-1-16(2-4-17)15-24-11-9-22-10-12-24/h1-8,20,22H,9-15H2,(H,23,25). The third kappa shape index (κ3) is 3.91. The van der Waals surface area contributed by atoms with Gasteiger partial charge in [0.1, 0.15) is 0 Å². The van der Waals surface area contributed by atoms with Gasteiger partial charge in [-0.2, -0.15) is 0 Å². The minimum Gasteiger partial charge on any atom is -0.355 e. The third-order valence-electron chi connectivity index (χ3n) is 5.26. The van der Waals surface area contributed by atoms with E-state index in [9.17, 15) is 4.79 Å². The second-order valence-electron chi connectivity index (χ2n) is 7.05. The Kier molecular flexibility index (Phi) is 4.81. The molecule has 2 aromatic rings. The molecule has 2 heterocycles. The van der Waals surface area contributed by atoms with Gasteiger partial charge in [-0.05, 0) is 22.3 Å². The van der Waals surface area contributed by atoms with Gasteiger partial charge in [-0.3, -0.25) is 9.69 Å². The van der Waals surface area contributed by atoms with Crippen LogP contribution in [-0.4, -0.2) is 43.5 Å². The highest BCUT2D eigenvalue weighted by atomic mass is 16.1. The van der Waals surface area contributed by atoms with Crippen LogP contribution in [0.1, 0.15) is 23.5 Å². The van der Waals surface area contributed by atoms with Crippen molar-refractivity contribution >= 4 is 5.91 Å². The van der Waals surface area contributed by atoms with Crippen molar-refractivity contribution in [3.8, 4) is 11.1 Å². The van der Waals surface area contributed by atoms with E-state index in [-0.39, 0.29) is 5.91 Å². The van der Waals surface area contributed by atoms with Gasteiger partial charge in [-0.15, -0.1) is 0 Å². The summed E-state index contributed by atoms with van der Waals surface area (Å²) in [4.78, 5) is 13.9. The van der Waals surface area contributed by atoms with Gasteiger partial charge in [0.2, 0.25) is 5.91 Å². The van der Waals surface area contributed by atoms with Crippen molar-refractivity contribution in [3.63, 3.8) is 0 Å². The van der Waals surface area contributed by atoms with E-state index < -0.39 is 0 Å². The second kappa shape index (κ2) is 7.38. The quantitative estimate of drug-likeness (QED) is 0.902. The Morgan fingerprint density at radius 2 is 1.56 bits per heavy atom. The molecule has 2 aliphatic heterocycles. The van der Waals surface area contributed by atoms with Crippen LogP contribution in [0.5, 0.6) is 0 Å². The summed E-state index contributed by atoms with van der Waals surface area (Å²) in [6, 6.07) is 17.6. The zero-order valence-corrected chi connectivity index (χ0v) is 14.5. The minimum atomic E-state index is 0.161. The number of carbonyl (C=O) groups excluding carboxylic acids is 1. The zero-order valence-electron chi connectivity index (χ0n) is 14.5. The number of carbonyl (C=O) groups is 1. The summed E-state index contributed by atoms with van der Waals surface area (Å²) in [6.45, 7) is 6.23. The van der Waals surface area contributed by atoms with Gasteiger partial charge in [0, 0.05) is 51.6 Å². The Morgan fingerprint density at radius 3 is 2.16 bits per heavy atom. The van der Waals surface area contributed by atoms with Crippen LogP contribution < -0.4 is 10.6 Å². The largest absolute Gasteiger partial charge is 0.355 e. The van der Waals surface area contributed by atoms with Crippen LogP contribution in [0.25, 0.3) is 11.1 Å².